The molecular weight excluding hydrogens is 351 g/mol. The third-order valence-corrected chi connectivity index (χ3v) is 5.85. The summed E-state index contributed by atoms with van der Waals surface area (Å²) in [6, 6.07) is 14.6. The second-order valence-electron chi connectivity index (χ2n) is 7.93. The number of hydrogen-bond donors (Lipinski definition) is 0. The topological polar surface area (TPSA) is 18.5 Å². The maximum absolute atomic E-state index is 12.9. The molecule has 0 amide bonds. The van der Waals surface area contributed by atoms with Crippen LogP contribution in [0.4, 0.5) is 4.39 Å². The van der Waals surface area contributed by atoms with Crippen LogP contribution >= 0.6 is 0 Å². The minimum atomic E-state index is -0.256. The maximum Gasteiger partial charge on any atom is 0.123 e. The van der Waals surface area contributed by atoms with Gasteiger partial charge in [0.05, 0.1) is 0 Å². The fourth-order valence-corrected chi connectivity index (χ4v) is 4.15. The number of hydrogen-bond acceptors (Lipinski definition) is 2. The predicted octanol–water partition coefficient (Wildman–Crippen LogP) is 7.14. The van der Waals surface area contributed by atoms with Gasteiger partial charge >= 0.3 is 0 Å². The molecule has 0 aliphatic heterocycles. The first-order valence-electron chi connectivity index (χ1n) is 10.9. The van der Waals surface area contributed by atoms with Crippen molar-refractivity contribution >= 4 is 0 Å². The van der Waals surface area contributed by atoms with Crippen LogP contribution in [0.25, 0.3) is 0 Å². The van der Waals surface area contributed by atoms with E-state index in [0.717, 1.165) is 11.7 Å². The summed E-state index contributed by atoms with van der Waals surface area (Å²) in [5.41, 5.74) is 1.45. The molecule has 1 saturated carbocycles. The number of rotatable bonds is 10. The second-order valence-corrected chi connectivity index (χ2v) is 7.93. The van der Waals surface area contributed by atoms with Crippen LogP contribution in [0.5, 0.6) is 11.5 Å². The molecule has 1 fully saturated rings. The van der Waals surface area contributed by atoms with Gasteiger partial charge in [0.2, 0.25) is 0 Å². The molecule has 2 aromatic carbocycles. The highest BCUT2D eigenvalue weighted by molar-refractivity contribution is 5.29. The van der Waals surface area contributed by atoms with E-state index in [1.807, 2.05) is 0 Å². The highest BCUT2D eigenvalue weighted by Crippen LogP contribution is 2.38. The molecule has 1 aliphatic rings. The molecule has 0 spiro atoms. The lowest BCUT2D eigenvalue weighted by molar-refractivity contribution is 0.217. The summed E-state index contributed by atoms with van der Waals surface area (Å²) in [4.78, 5) is 0. The van der Waals surface area contributed by atoms with Crippen LogP contribution in [-0.4, -0.2) is 13.2 Å². The lowest BCUT2D eigenvalue weighted by Gasteiger charge is -2.29. The summed E-state index contributed by atoms with van der Waals surface area (Å²) in [5, 5.41) is 0. The number of benzene rings is 2. The van der Waals surface area contributed by atoms with Crippen molar-refractivity contribution in [2.75, 3.05) is 13.2 Å². The standard InChI is InChI=1S/C25H33FO2/c1-2-3-4-5-20-6-8-21(9-7-20)22-10-14-24(15-11-22)27-18-19-28-25-16-12-23(26)13-17-25/h10-17,20-21H,2-9,18-19H2,1H3. The molecule has 3 heteroatoms. The van der Waals surface area contributed by atoms with Gasteiger partial charge in [-0.05, 0) is 79.5 Å². The first kappa shape index (κ1) is 20.7. The van der Waals surface area contributed by atoms with Crippen LogP contribution in [-0.2, 0) is 0 Å². The zero-order valence-corrected chi connectivity index (χ0v) is 17.0. The molecular formula is C25H33FO2. The van der Waals surface area contributed by atoms with Gasteiger partial charge in [0.1, 0.15) is 30.5 Å². The summed E-state index contributed by atoms with van der Waals surface area (Å²) in [7, 11) is 0. The Labute approximate surface area is 169 Å². The van der Waals surface area contributed by atoms with Crippen molar-refractivity contribution in [3.8, 4) is 11.5 Å². The monoisotopic (exact) mass is 384 g/mol. The summed E-state index contributed by atoms with van der Waals surface area (Å²) in [6.45, 7) is 3.19. The molecule has 0 heterocycles. The first-order chi connectivity index (χ1) is 13.7. The lowest BCUT2D eigenvalue weighted by atomic mass is 9.77. The van der Waals surface area contributed by atoms with Crippen LogP contribution in [0.15, 0.2) is 48.5 Å². The van der Waals surface area contributed by atoms with E-state index >= 15 is 0 Å². The Morgan fingerprint density at radius 2 is 1.36 bits per heavy atom. The van der Waals surface area contributed by atoms with Crippen molar-refractivity contribution < 1.29 is 13.9 Å². The van der Waals surface area contributed by atoms with Gasteiger partial charge in [-0.3, -0.25) is 0 Å². The van der Waals surface area contributed by atoms with E-state index in [0.29, 0.717) is 24.9 Å². The molecule has 152 valence electrons. The third kappa shape index (κ3) is 6.54. The highest BCUT2D eigenvalue weighted by atomic mass is 19.1. The largest absolute Gasteiger partial charge is 0.490 e. The van der Waals surface area contributed by atoms with Gasteiger partial charge in [-0.2, -0.15) is 0 Å². The van der Waals surface area contributed by atoms with Crippen molar-refractivity contribution in [3.05, 3.63) is 59.9 Å². The van der Waals surface area contributed by atoms with Gasteiger partial charge in [0.15, 0.2) is 0 Å². The Bertz CT molecular complexity index is 673. The quantitative estimate of drug-likeness (QED) is 0.405. The van der Waals surface area contributed by atoms with Crippen molar-refractivity contribution in [1.82, 2.24) is 0 Å². The first-order valence-corrected chi connectivity index (χ1v) is 10.9. The fourth-order valence-electron chi connectivity index (χ4n) is 4.15. The Hall–Kier alpha value is -2.03. The third-order valence-electron chi connectivity index (χ3n) is 5.85. The van der Waals surface area contributed by atoms with Crippen molar-refractivity contribution in [2.24, 2.45) is 5.92 Å². The molecule has 0 radical (unpaired) electrons. The predicted molar refractivity (Wildman–Crippen MR) is 113 cm³/mol. The van der Waals surface area contributed by atoms with Crippen LogP contribution < -0.4 is 9.47 Å². The molecule has 1 aliphatic carbocycles. The van der Waals surface area contributed by atoms with E-state index in [4.69, 9.17) is 9.47 Å². The number of halogens is 1. The van der Waals surface area contributed by atoms with E-state index in [-0.39, 0.29) is 5.82 Å². The molecule has 0 unspecified atom stereocenters. The maximum atomic E-state index is 12.9. The zero-order chi connectivity index (χ0) is 19.6. The summed E-state index contributed by atoms with van der Waals surface area (Å²) < 4.78 is 24.2. The van der Waals surface area contributed by atoms with Crippen LogP contribution in [0.1, 0.15) is 69.8 Å². The lowest BCUT2D eigenvalue weighted by Crippen LogP contribution is -2.13. The molecule has 0 aromatic heterocycles. The molecule has 2 aromatic rings. The molecule has 2 nitrogen and oxygen atoms in total. The van der Waals surface area contributed by atoms with E-state index in [1.165, 1.54) is 69.1 Å². The van der Waals surface area contributed by atoms with Gasteiger partial charge in [0.25, 0.3) is 0 Å². The van der Waals surface area contributed by atoms with Gasteiger partial charge < -0.3 is 9.47 Å². The molecule has 0 N–H and O–H groups in total. The van der Waals surface area contributed by atoms with Gasteiger partial charge in [-0.15, -0.1) is 0 Å². The average Bonchev–Trinajstić information content (AvgIpc) is 2.74. The fraction of sp³-hybridized carbons (Fsp3) is 0.520. The SMILES string of the molecule is CCCCCC1CCC(c2ccc(OCCOc3ccc(F)cc3)cc2)CC1. The van der Waals surface area contributed by atoms with Crippen molar-refractivity contribution in [2.45, 2.75) is 64.2 Å². The number of ether oxygens (including phenoxy) is 2. The van der Waals surface area contributed by atoms with Crippen molar-refractivity contribution in [3.63, 3.8) is 0 Å². The molecule has 0 saturated heterocycles. The van der Waals surface area contributed by atoms with Gasteiger partial charge in [-0.1, -0.05) is 44.7 Å². The normalized spacial score (nSPS) is 19.4. The van der Waals surface area contributed by atoms with Crippen LogP contribution in [0.2, 0.25) is 0 Å². The Kier molecular flexibility index (Phi) is 8.20. The highest BCUT2D eigenvalue weighted by Gasteiger charge is 2.21. The molecule has 0 bridgehead atoms. The minimum Gasteiger partial charge on any atom is -0.490 e. The molecule has 28 heavy (non-hydrogen) atoms. The van der Waals surface area contributed by atoms with Crippen LogP contribution in [0, 0.1) is 11.7 Å². The average molecular weight is 385 g/mol. The summed E-state index contributed by atoms with van der Waals surface area (Å²) >= 11 is 0. The zero-order valence-electron chi connectivity index (χ0n) is 17.0. The Morgan fingerprint density at radius 3 is 1.93 bits per heavy atom. The summed E-state index contributed by atoms with van der Waals surface area (Å²) in [6.07, 6.45) is 10.9. The van der Waals surface area contributed by atoms with E-state index in [9.17, 15) is 4.39 Å². The van der Waals surface area contributed by atoms with Crippen LogP contribution in [0.3, 0.4) is 0 Å². The van der Waals surface area contributed by atoms with Crippen molar-refractivity contribution in [1.29, 1.82) is 0 Å². The number of unbranched alkanes of at least 4 members (excludes halogenated alkanes) is 2. The second kappa shape index (κ2) is 11.1. The van der Waals surface area contributed by atoms with Gasteiger partial charge in [-0.25, -0.2) is 4.39 Å². The molecule has 3 rings (SSSR count). The minimum absolute atomic E-state index is 0.256. The summed E-state index contributed by atoms with van der Waals surface area (Å²) in [5.74, 6) is 2.93. The molecule has 0 atom stereocenters. The van der Waals surface area contributed by atoms with E-state index < -0.39 is 0 Å². The van der Waals surface area contributed by atoms with E-state index in [1.54, 1.807) is 12.1 Å². The van der Waals surface area contributed by atoms with Gasteiger partial charge in [0, 0.05) is 0 Å². The smallest absolute Gasteiger partial charge is 0.123 e. The Morgan fingerprint density at radius 1 is 0.786 bits per heavy atom. The Balaban J connectivity index is 1.36. The van der Waals surface area contributed by atoms with E-state index in [2.05, 4.69) is 31.2 Å².